The highest BCUT2D eigenvalue weighted by Crippen LogP contribution is 2.42. The zero-order valence-corrected chi connectivity index (χ0v) is 25.1. The second-order valence-electron chi connectivity index (χ2n) is 11.6. The third-order valence-electron chi connectivity index (χ3n) is 8.79. The van der Waals surface area contributed by atoms with Gasteiger partial charge >= 0.3 is 5.97 Å². The molecule has 222 valence electrons. The number of fused-ring (bicyclic) bond motifs is 6. The van der Waals surface area contributed by atoms with Gasteiger partial charge < -0.3 is 5.11 Å². The number of carboxylic acids is 1. The summed E-state index contributed by atoms with van der Waals surface area (Å²) in [7, 11) is 0. The van der Waals surface area contributed by atoms with Gasteiger partial charge in [0, 0.05) is 17.3 Å². The van der Waals surface area contributed by atoms with Crippen molar-refractivity contribution < 1.29 is 19.5 Å². The molecule has 4 aromatic carbocycles. The first-order valence-corrected chi connectivity index (χ1v) is 15.4. The molecule has 3 aliphatic rings. The van der Waals surface area contributed by atoms with Crippen LogP contribution in [0.5, 0.6) is 0 Å². The topological polar surface area (TPSA) is 77.9 Å². The SMILES string of the molecule is CC(C(=O)O)c1ccc2c(c1)Cc1ccccc1-2.CCCCCC1C(=O)N2C=C(c3ccccc3)c3ccccc3N2C1=O. The van der Waals surface area contributed by atoms with Gasteiger partial charge in [-0.25, -0.2) is 10.0 Å². The molecule has 7 rings (SSSR count). The molecule has 2 aliphatic heterocycles. The summed E-state index contributed by atoms with van der Waals surface area (Å²) < 4.78 is 0. The monoisotopic (exact) mass is 584 g/mol. The smallest absolute Gasteiger partial charge is 0.310 e. The van der Waals surface area contributed by atoms with E-state index in [1.165, 1.54) is 27.3 Å². The molecule has 1 fully saturated rings. The van der Waals surface area contributed by atoms with E-state index in [2.05, 4.69) is 25.1 Å². The van der Waals surface area contributed by atoms with E-state index in [0.29, 0.717) is 6.42 Å². The molecule has 0 bridgehead atoms. The standard InChI is InChI=1S/C22H22N2O2.C16H14O2/c1-2-3-5-13-18-21(25)23-15-19(16-10-6-4-7-11-16)17-12-8-9-14-20(17)24(23)22(18)26;1-10(16(17)18)11-6-7-15-13(8-11)9-12-4-2-3-5-14(12)15/h4,6-12,14-15,18H,2-3,5,13H2,1H3;2-8,10H,9H2,1H3,(H,17,18). The fourth-order valence-electron chi connectivity index (χ4n) is 6.32. The summed E-state index contributed by atoms with van der Waals surface area (Å²) in [6.45, 7) is 3.85. The van der Waals surface area contributed by atoms with Crippen LogP contribution in [0.15, 0.2) is 103 Å². The summed E-state index contributed by atoms with van der Waals surface area (Å²) in [4.78, 5) is 37.0. The second-order valence-corrected chi connectivity index (χ2v) is 11.6. The average Bonchev–Trinajstić information content (AvgIpc) is 3.54. The number of hydrogen-bond acceptors (Lipinski definition) is 3. The molecular weight excluding hydrogens is 548 g/mol. The molecule has 2 heterocycles. The minimum atomic E-state index is -0.773. The van der Waals surface area contributed by atoms with Crippen LogP contribution in [0.4, 0.5) is 5.69 Å². The molecule has 1 aliphatic carbocycles. The number of para-hydroxylation sites is 1. The lowest BCUT2D eigenvalue weighted by atomic mass is 9.96. The number of unbranched alkanes of at least 4 members (excludes halogenated alkanes) is 2. The van der Waals surface area contributed by atoms with Crippen LogP contribution in [0.2, 0.25) is 0 Å². The number of carboxylic acid groups (broad SMARTS) is 1. The molecule has 6 heteroatoms. The van der Waals surface area contributed by atoms with Gasteiger partial charge in [-0.1, -0.05) is 117 Å². The van der Waals surface area contributed by atoms with Gasteiger partial charge in [0.1, 0.15) is 5.92 Å². The molecule has 2 unspecified atom stereocenters. The van der Waals surface area contributed by atoms with Crippen LogP contribution in [0, 0.1) is 5.92 Å². The molecule has 2 atom stereocenters. The van der Waals surface area contributed by atoms with E-state index in [9.17, 15) is 14.4 Å². The Morgan fingerprint density at radius 3 is 2.25 bits per heavy atom. The molecular formula is C38H36N2O4. The lowest BCUT2D eigenvalue weighted by Crippen LogP contribution is -2.40. The van der Waals surface area contributed by atoms with E-state index in [0.717, 1.165) is 53.6 Å². The van der Waals surface area contributed by atoms with Crippen molar-refractivity contribution in [3.05, 3.63) is 131 Å². The Kier molecular flexibility index (Phi) is 8.16. The Morgan fingerprint density at radius 1 is 0.818 bits per heavy atom. The minimum Gasteiger partial charge on any atom is -0.481 e. The van der Waals surface area contributed by atoms with Crippen molar-refractivity contribution >= 4 is 29.0 Å². The van der Waals surface area contributed by atoms with Crippen LogP contribution in [-0.2, 0) is 20.8 Å². The van der Waals surface area contributed by atoms with E-state index in [1.54, 1.807) is 11.9 Å². The highest BCUT2D eigenvalue weighted by Gasteiger charge is 2.47. The van der Waals surface area contributed by atoms with E-state index >= 15 is 0 Å². The number of benzene rings is 4. The van der Waals surface area contributed by atoms with Crippen molar-refractivity contribution in [3.63, 3.8) is 0 Å². The van der Waals surface area contributed by atoms with Crippen molar-refractivity contribution in [1.82, 2.24) is 5.01 Å². The predicted octanol–water partition coefficient (Wildman–Crippen LogP) is 7.82. The Hall–Kier alpha value is -4.97. The van der Waals surface area contributed by atoms with Gasteiger partial charge in [0.05, 0.1) is 11.6 Å². The lowest BCUT2D eigenvalue weighted by Gasteiger charge is -2.32. The van der Waals surface area contributed by atoms with Crippen molar-refractivity contribution in [1.29, 1.82) is 0 Å². The summed E-state index contributed by atoms with van der Waals surface area (Å²) in [6, 6.07) is 32.2. The van der Waals surface area contributed by atoms with Gasteiger partial charge in [0.2, 0.25) is 0 Å². The number of hydrogen-bond donors (Lipinski definition) is 1. The summed E-state index contributed by atoms with van der Waals surface area (Å²) in [5.41, 5.74) is 9.73. The van der Waals surface area contributed by atoms with Crippen LogP contribution in [-0.4, -0.2) is 27.9 Å². The van der Waals surface area contributed by atoms with E-state index in [1.807, 2.05) is 85.1 Å². The number of carbonyl (C=O) groups is 3. The molecule has 2 amide bonds. The van der Waals surface area contributed by atoms with Crippen molar-refractivity contribution in [2.45, 2.75) is 51.9 Å². The molecule has 4 aromatic rings. The maximum Gasteiger partial charge on any atom is 0.310 e. The van der Waals surface area contributed by atoms with Crippen LogP contribution >= 0.6 is 0 Å². The van der Waals surface area contributed by atoms with Gasteiger partial charge in [0.25, 0.3) is 11.8 Å². The number of aliphatic carboxylic acids is 1. The number of amides is 2. The van der Waals surface area contributed by atoms with Crippen LogP contribution in [0.3, 0.4) is 0 Å². The first kappa shape index (κ1) is 29.1. The number of carbonyl (C=O) groups excluding carboxylic acids is 2. The van der Waals surface area contributed by atoms with E-state index in [4.69, 9.17) is 5.11 Å². The zero-order chi connectivity index (χ0) is 30.8. The quantitative estimate of drug-likeness (QED) is 0.156. The molecule has 0 aromatic heterocycles. The van der Waals surface area contributed by atoms with Crippen molar-refractivity contribution in [2.75, 3.05) is 5.01 Å². The minimum absolute atomic E-state index is 0.109. The Bertz CT molecular complexity index is 1760. The average molecular weight is 585 g/mol. The highest BCUT2D eigenvalue weighted by atomic mass is 16.4. The van der Waals surface area contributed by atoms with Gasteiger partial charge in [0.15, 0.2) is 0 Å². The number of nitrogens with zero attached hydrogens (tertiary/aromatic N) is 2. The van der Waals surface area contributed by atoms with Crippen molar-refractivity contribution in [2.24, 2.45) is 5.92 Å². The van der Waals surface area contributed by atoms with E-state index < -0.39 is 17.8 Å². The Balaban J connectivity index is 0.000000167. The first-order valence-electron chi connectivity index (χ1n) is 15.4. The van der Waals surface area contributed by atoms with Crippen molar-refractivity contribution in [3.8, 4) is 11.1 Å². The Labute approximate surface area is 258 Å². The molecule has 6 nitrogen and oxygen atoms in total. The summed E-state index contributed by atoms with van der Waals surface area (Å²) in [5.74, 6) is -2.01. The molecule has 0 radical (unpaired) electrons. The lowest BCUT2D eigenvalue weighted by molar-refractivity contribution is -0.138. The fraction of sp³-hybridized carbons (Fsp3) is 0.237. The molecule has 0 saturated carbocycles. The number of hydrazine groups is 1. The molecule has 1 saturated heterocycles. The third kappa shape index (κ3) is 5.32. The number of rotatable bonds is 7. The summed E-state index contributed by atoms with van der Waals surface area (Å²) in [5, 5.41) is 12.1. The van der Waals surface area contributed by atoms with Gasteiger partial charge in [-0.3, -0.25) is 14.4 Å². The summed E-state index contributed by atoms with van der Waals surface area (Å²) >= 11 is 0. The van der Waals surface area contributed by atoms with Crippen LogP contribution in [0.25, 0.3) is 16.7 Å². The largest absolute Gasteiger partial charge is 0.481 e. The maximum absolute atomic E-state index is 13.0. The van der Waals surface area contributed by atoms with Gasteiger partial charge in [-0.2, -0.15) is 0 Å². The van der Waals surface area contributed by atoms with Gasteiger partial charge in [-0.05, 0) is 59.2 Å². The molecule has 1 N–H and O–H groups in total. The van der Waals surface area contributed by atoms with Crippen LogP contribution in [0.1, 0.15) is 73.3 Å². The van der Waals surface area contributed by atoms with E-state index in [-0.39, 0.29) is 11.8 Å². The third-order valence-corrected chi connectivity index (χ3v) is 8.79. The normalized spacial score (nSPS) is 16.7. The highest BCUT2D eigenvalue weighted by molar-refractivity contribution is 6.17. The molecule has 0 spiro atoms. The number of anilines is 1. The fourth-order valence-corrected chi connectivity index (χ4v) is 6.32. The zero-order valence-electron chi connectivity index (χ0n) is 25.1. The maximum atomic E-state index is 13.0. The first-order chi connectivity index (χ1) is 21.4. The Morgan fingerprint density at radius 2 is 1.50 bits per heavy atom. The second kappa shape index (κ2) is 12.3. The summed E-state index contributed by atoms with van der Waals surface area (Å²) in [6.07, 6.45) is 6.36. The predicted molar refractivity (Wildman–Crippen MR) is 173 cm³/mol. The molecule has 44 heavy (non-hydrogen) atoms. The van der Waals surface area contributed by atoms with Crippen LogP contribution < -0.4 is 5.01 Å². The van der Waals surface area contributed by atoms with Gasteiger partial charge in [-0.15, -0.1) is 0 Å².